The molecular weight excluding hydrogens is 179 g/mol. The van der Waals surface area contributed by atoms with E-state index in [0.717, 1.165) is 0 Å². The Kier molecular flexibility index (Phi) is 3.41. The molecule has 0 aliphatic heterocycles. The van der Waals surface area contributed by atoms with Crippen LogP contribution in [0.2, 0.25) is 0 Å². The fraction of sp³-hybridized carbons (Fsp3) is 0.0909. The lowest BCUT2D eigenvalue weighted by Crippen LogP contribution is -1.87. The second-order valence-electron chi connectivity index (χ2n) is 2.65. The number of nitrogens with zero attached hydrogens (tertiary/aromatic N) is 2. The molecule has 68 valence electrons. The van der Waals surface area contributed by atoms with E-state index in [-0.39, 0.29) is 6.42 Å². The Balaban J connectivity index is 2.98. The lowest BCUT2D eigenvalue weighted by Gasteiger charge is -1.98. The van der Waals surface area contributed by atoms with E-state index in [9.17, 15) is 4.39 Å². The summed E-state index contributed by atoms with van der Waals surface area (Å²) in [5, 5.41) is 16.6. The number of hydrogen-bond donors (Lipinski definition) is 0. The van der Waals surface area contributed by atoms with Crippen molar-refractivity contribution >= 4 is 6.08 Å². The summed E-state index contributed by atoms with van der Waals surface area (Å²) in [6.45, 7) is 0. The molecule has 1 aromatic carbocycles. The predicted molar refractivity (Wildman–Crippen MR) is 50.4 cm³/mol. The summed E-state index contributed by atoms with van der Waals surface area (Å²) in [7, 11) is 0. The molecule has 0 saturated heterocycles. The first-order valence-corrected chi connectivity index (χ1v) is 3.99. The second-order valence-corrected chi connectivity index (χ2v) is 2.65. The average molecular weight is 186 g/mol. The summed E-state index contributed by atoms with van der Waals surface area (Å²) in [5.41, 5.74) is 0.993. The molecule has 0 aliphatic rings. The van der Waals surface area contributed by atoms with E-state index < -0.39 is 5.82 Å². The maximum absolute atomic E-state index is 13.2. The first-order chi connectivity index (χ1) is 6.77. The van der Waals surface area contributed by atoms with Crippen molar-refractivity contribution < 1.29 is 4.39 Å². The van der Waals surface area contributed by atoms with Crippen LogP contribution in [-0.2, 0) is 6.42 Å². The summed E-state index contributed by atoms with van der Waals surface area (Å²) < 4.78 is 13.2. The van der Waals surface area contributed by atoms with Gasteiger partial charge >= 0.3 is 0 Å². The number of rotatable bonds is 2. The summed E-state index contributed by atoms with van der Waals surface area (Å²) >= 11 is 0. The Bertz CT molecular complexity index is 436. The summed E-state index contributed by atoms with van der Waals surface area (Å²) in [5.74, 6) is -0.413. The molecule has 0 amide bonds. The zero-order chi connectivity index (χ0) is 10.4. The van der Waals surface area contributed by atoms with Crippen LogP contribution in [0.1, 0.15) is 11.1 Å². The Morgan fingerprint density at radius 3 is 2.71 bits per heavy atom. The molecule has 0 saturated carbocycles. The molecule has 0 aromatic heterocycles. The van der Waals surface area contributed by atoms with Crippen LogP contribution in [0.5, 0.6) is 0 Å². The highest BCUT2D eigenvalue weighted by Crippen LogP contribution is 2.12. The van der Waals surface area contributed by atoms with E-state index in [1.54, 1.807) is 18.2 Å². The maximum atomic E-state index is 13.2. The SMILES string of the molecule is N#CC=Cc1ccc(CC#N)cc1F. The lowest BCUT2D eigenvalue weighted by molar-refractivity contribution is 0.623. The van der Waals surface area contributed by atoms with E-state index >= 15 is 0 Å². The Morgan fingerprint density at radius 2 is 2.14 bits per heavy atom. The average Bonchev–Trinajstić information content (AvgIpc) is 2.17. The standard InChI is InChI=1S/C11H7FN2/c12-11-8-9(5-7-14)3-4-10(11)2-1-6-13/h1-4,8H,5H2. The van der Waals surface area contributed by atoms with Gasteiger partial charge in [0.25, 0.3) is 0 Å². The van der Waals surface area contributed by atoms with Crippen LogP contribution < -0.4 is 0 Å². The maximum Gasteiger partial charge on any atom is 0.130 e. The largest absolute Gasteiger partial charge is 0.206 e. The van der Waals surface area contributed by atoms with Crippen LogP contribution in [0, 0.1) is 28.5 Å². The molecule has 0 aliphatic carbocycles. The van der Waals surface area contributed by atoms with Crippen molar-refractivity contribution in [2.45, 2.75) is 6.42 Å². The Hall–Kier alpha value is -2.13. The second kappa shape index (κ2) is 4.79. The van der Waals surface area contributed by atoms with Gasteiger partial charge in [0.1, 0.15) is 5.82 Å². The van der Waals surface area contributed by atoms with Gasteiger partial charge in [-0.15, -0.1) is 0 Å². The van der Waals surface area contributed by atoms with Crippen LogP contribution >= 0.6 is 0 Å². The lowest BCUT2D eigenvalue weighted by atomic mass is 10.1. The molecule has 14 heavy (non-hydrogen) atoms. The van der Waals surface area contributed by atoms with Gasteiger partial charge in [0.2, 0.25) is 0 Å². The predicted octanol–water partition coefficient (Wildman–Crippen LogP) is 2.43. The minimum absolute atomic E-state index is 0.194. The zero-order valence-corrected chi connectivity index (χ0v) is 7.37. The van der Waals surface area contributed by atoms with E-state index in [4.69, 9.17) is 10.5 Å². The van der Waals surface area contributed by atoms with Crippen molar-refractivity contribution in [2.75, 3.05) is 0 Å². The topological polar surface area (TPSA) is 47.6 Å². The molecule has 0 fully saturated rings. The van der Waals surface area contributed by atoms with Crippen LogP contribution in [0.4, 0.5) is 4.39 Å². The molecule has 0 N–H and O–H groups in total. The van der Waals surface area contributed by atoms with Crippen molar-refractivity contribution in [1.82, 2.24) is 0 Å². The first kappa shape index (κ1) is 9.95. The van der Waals surface area contributed by atoms with Gasteiger partial charge in [-0.2, -0.15) is 10.5 Å². The smallest absolute Gasteiger partial charge is 0.130 e. The molecule has 0 atom stereocenters. The fourth-order valence-corrected chi connectivity index (χ4v) is 1.03. The van der Waals surface area contributed by atoms with Gasteiger partial charge in [-0.25, -0.2) is 4.39 Å². The van der Waals surface area contributed by atoms with Gasteiger partial charge in [-0.05, 0) is 17.7 Å². The molecule has 0 radical (unpaired) electrons. The van der Waals surface area contributed by atoms with E-state index in [2.05, 4.69) is 0 Å². The molecule has 0 heterocycles. The monoisotopic (exact) mass is 186 g/mol. The van der Waals surface area contributed by atoms with Gasteiger partial charge in [0.15, 0.2) is 0 Å². The van der Waals surface area contributed by atoms with Gasteiger partial charge < -0.3 is 0 Å². The van der Waals surface area contributed by atoms with Gasteiger partial charge in [-0.1, -0.05) is 12.1 Å². The number of nitriles is 2. The summed E-state index contributed by atoms with van der Waals surface area (Å²) in [6, 6.07) is 8.25. The number of allylic oxidation sites excluding steroid dienone is 1. The number of benzene rings is 1. The first-order valence-electron chi connectivity index (χ1n) is 3.99. The third kappa shape index (κ3) is 2.43. The third-order valence-corrected chi connectivity index (χ3v) is 1.69. The molecule has 2 nitrogen and oxygen atoms in total. The van der Waals surface area contributed by atoms with E-state index in [0.29, 0.717) is 11.1 Å². The Morgan fingerprint density at radius 1 is 1.36 bits per heavy atom. The highest BCUT2D eigenvalue weighted by Gasteiger charge is 1.99. The summed E-state index contributed by atoms with van der Waals surface area (Å²) in [6.07, 6.45) is 2.80. The summed E-state index contributed by atoms with van der Waals surface area (Å²) in [4.78, 5) is 0. The molecule has 3 heteroatoms. The van der Waals surface area contributed by atoms with Crippen molar-refractivity contribution in [3.05, 3.63) is 41.2 Å². The normalized spacial score (nSPS) is 9.64. The minimum atomic E-state index is -0.413. The van der Waals surface area contributed by atoms with E-state index in [1.165, 1.54) is 18.2 Å². The third-order valence-electron chi connectivity index (χ3n) is 1.69. The van der Waals surface area contributed by atoms with Crippen molar-refractivity contribution in [2.24, 2.45) is 0 Å². The minimum Gasteiger partial charge on any atom is -0.206 e. The zero-order valence-electron chi connectivity index (χ0n) is 7.37. The molecule has 0 bridgehead atoms. The van der Waals surface area contributed by atoms with Crippen molar-refractivity contribution in [3.63, 3.8) is 0 Å². The molecule has 1 aromatic rings. The van der Waals surface area contributed by atoms with Crippen LogP contribution in [-0.4, -0.2) is 0 Å². The van der Waals surface area contributed by atoms with Gasteiger partial charge in [-0.3, -0.25) is 0 Å². The molecule has 1 rings (SSSR count). The van der Waals surface area contributed by atoms with Crippen molar-refractivity contribution in [3.8, 4) is 12.1 Å². The number of halogens is 1. The quantitative estimate of drug-likeness (QED) is 0.666. The van der Waals surface area contributed by atoms with Crippen molar-refractivity contribution in [1.29, 1.82) is 10.5 Å². The highest BCUT2D eigenvalue weighted by molar-refractivity contribution is 5.53. The van der Waals surface area contributed by atoms with Gasteiger partial charge in [0.05, 0.1) is 18.6 Å². The van der Waals surface area contributed by atoms with Crippen LogP contribution in [0.3, 0.4) is 0 Å². The fourth-order valence-electron chi connectivity index (χ4n) is 1.03. The molecule has 0 spiro atoms. The number of hydrogen-bond acceptors (Lipinski definition) is 2. The molecular formula is C11H7FN2. The van der Waals surface area contributed by atoms with Gasteiger partial charge in [0, 0.05) is 11.6 Å². The van der Waals surface area contributed by atoms with Crippen LogP contribution in [0.15, 0.2) is 24.3 Å². The van der Waals surface area contributed by atoms with Crippen LogP contribution in [0.25, 0.3) is 6.08 Å². The highest BCUT2D eigenvalue weighted by atomic mass is 19.1. The van der Waals surface area contributed by atoms with E-state index in [1.807, 2.05) is 6.07 Å². The Labute approximate surface area is 81.5 Å². The molecule has 0 unspecified atom stereocenters.